The van der Waals surface area contributed by atoms with Crippen LogP contribution in [-0.4, -0.2) is 42.4 Å². The van der Waals surface area contributed by atoms with Crippen LogP contribution < -0.4 is 5.32 Å². The Morgan fingerprint density at radius 3 is 2.65 bits per heavy atom. The number of carbonyl (C=O) groups excluding carboxylic acids is 3. The van der Waals surface area contributed by atoms with Gasteiger partial charge in [-0.3, -0.25) is 9.59 Å². The molecule has 1 atom stereocenters. The predicted octanol–water partition coefficient (Wildman–Crippen LogP) is 4.64. The minimum absolute atomic E-state index is 0.0808. The van der Waals surface area contributed by atoms with E-state index < -0.39 is 17.7 Å². The zero-order valence-corrected chi connectivity index (χ0v) is 20.4. The summed E-state index contributed by atoms with van der Waals surface area (Å²) in [6.07, 6.45) is 0.406. The molecule has 6 nitrogen and oxygen atoms in total. The molecule has 180 valence electrons. The summed E-state index contributed by atoms with van der Waals surface area (Å²) in [5.74, 6) is -2.44. The fourth-order valence-corrected chi connectivity index (χ4v) is 4.45. The topological polar surface area (TPSA) is 75.7 Å². The lowest BCUT2D eigenvalue weighted by Gasteiger charge is -2.34. The van der Waals surface area contributed by atoms with E-state index in [2.05, 4.69) is 5.32 Å². The van der Waals surface area contributed by atoms with Gasteiger partial charge in [-0.2, -0.15) is 0 Å². The average Bonchev–Trinajstić information content (AvgIpc) is 2.78. The van der Waals surface area contributed by atoms with Gasteiger partial charge < -0.3 is 15.0 Å². The van der Waals surface area contributed by atoms with Gasteiger partial charge in [-0.05, 0) is 55.7 Å². The molecule has 1 aliphatic heterocycles. The zero-order valence-electron chi connectivity index (χ0n) is 18.9. The molecule has 0 aromatic heterocycles. The molecule has 0 fully saturated rings. The maximum atomic E-state index is 13.8. The molecule has 0 saturated heterocycles. The molecule has 2 aromatic carbocycles. The summed E-state index contributed by atoms with van der Waals surface area (Å²) in [4.78, 5) is 39.6. The van der Waals surface area contributed by atoms with E-state index in [0.717, 1.165) is 5.56 Å². The van der Waals surface area contributed by atoms with E-state index in [1.54, 1.807) is 38.1 Å². The molecule has 1 aliphatic rings. The Morgan fingerprint density at radius 2 is 1.97 bits per heavy atom. The van der Waals surface area contributed by atoms with Gasteiger partial charge >= 0.3 is 5.97 Å². The summed E-state index contributed by atoms with van der Waals surface area (Å²) >= 11 is 12.1. The fraction of sp³-hybridized carbons (Fsp3) is 0.320. The molecule has 1 heterocycles. The molecule has 0 bridgehead atoms. The van der Waals surface area contributed by atoms with Gasteiger partial charge in [-0.1, -0.05) is 41.4 Å². The predicted molar refractivity (Wildman–Crippen MR) is 128 cm³/mol. The second kappa shape index (κ2) is 11.5. The molecule has 0 aliphatic carbocycles. The SMILES string of the molecule is CCOC(=O)C1=C(C)N(CC(=O)NCCc2ccc(Cl)cc2Cl)C(=O)CC1c1cccc(F)c1. The van der Waals surface area contributed by atoms with Crippen molar-refractivity contribution in [2.24, 2.45) is 0 Å². The molecule has 0 spiro atoms. The van der Waals surface area contributed by atoms with Gasteiger partial charge in [0.2, 0.25) is 11.8 Å². The Balaban J connectivity index is 1.75. The number of amides is 2. The van der Waals surface area contributed by atoms with Crippen LogP contribution in [0, 0.1) is 5.82 Å². The van der Waals surface area contributed by atoms with Crippen molar-refractivity contribution in [2.75, 3.05) is 19.7 Å². The number of esters is 1. The number of nitrogens with one attached hydrogen (secondary N) is 1. The van der Waals surface area contributed by atoms with Crippen LogP contribution in [0.25, 0.3) is 0 Å². The van der Waals surface area contributed by atoms with Crippen molar-refractivity contribution in [3.05, 3.63) is 80.7 Å². The van der Waals surface area contributed by atoms with Crippen LogP contribution in [0.4, 0.5) is 4.39 Å². The van der Waals surface area contributed by atoms with E-state index in [1.165, 1.54) is 23.1 Å². The first kappa shape index (κ1) is 25.7. The van der Waals surface area contributed by atoms with Crippen molar-refractivity contribution in [2.45, 2.75) is 32.6 Å². The molecular formula is C25H25Cl2FN2O4. The highest BCUT2D eigenvalue weighted by atomic mass is 35.5. The van der Waals surface area contributed by atoms with Crippen molar-refractivity contribution in [3.63, 3.8) is 0 Å². The van der Waals surface area contributed by atoms with Gasteiger partial charge in [0.15, 0.2) is 0 Å². The lowest BCUT2D eigenvalue weighted by Crippen LogP contribution is -2.44. The molecule has 1 N–H and O–H groups in total. The number of carbonyl (C=O) groups is 3. The molecule has 9 heteroatoms. The summed E-state index contributed by atoms with van der Waals surface area (Å²) in [6, 6.07) is 10.9. The summed E-state index contributed by atoms with van der Waals surface area (Å²) in [7, 11) is 0. The fourth-order valence-electron chi connectivity index (χ4n) is 3.95. The lowest BCUT2D eigenvalue weighted by atomic mass is 9.83. The number of ether oxygens (including phenoxy) is 1. The van der Waals surface area contributed by atoms with E-state index in [-0.39, 0.29) is 37.0 Å². The second-order valence-corrected chi connectivity index (χ2v) is 8.69. The Hall–Kier alpha value is -2.90. The highest BCUT2D eigenvalue weighted by Crippen LogP contribution is 2.37. The third kappa shape index (κ3) is 6.15. The van der Waals surface area contributed by atoms with Crippen LogP contribution in [0.1, 0.15) is 37.3 Å². The first-order valence-corrected chi connectivity index (χ1v) is 11.6. The molecule has 2 amide bonds. The minimum atomic E-state index is -0.659. The first-order chi connectivity index (χ1) is 16.2. The van der Waals surface area contributed by atoms with Crippen LogP contribution in [0.2, 0.25) is 10.0 Å². The van der Waals surface area contributed by atoms with Crippen LogP contribution >= 0.6 is 23.2 Å². The van der Waals surface area contributed by atoms with Gasteiger partial charge in [-0.25, -0.2) is 9.18 Å². The number of hydrogen-bond donors (Lipinski definition) is 1. The zero-order chi connectivity index (χ0) is 24.8. The van der Waals surface area contributed by atoms with E-state index in [1.807, 2.05) is 0 Å². The van der Waals surface area contributed by atoms with Crippen molar-refractivity contribution < 1.29 is 23.5 Å². The standard InChI is InChI=1S/C25H25Cl2FN2O4/c1-3-34-25(33)24-15(2)30(23(32)13-20(24)17-5-4-6-19(28)11-17)14-22(31)29-10-9-16-7-8-18(26)12-21(16)27/h4-8,11-12,20H,3,9-10,13-14H2,1-2H3,(H,29,31). The molecule has 0 saturated carbocycles. The monoisotopic (exact) mass is 506 g/mol. The first-order valence-electron chi connectivity index (χ1n) is 10.9. The van der Waals surface area contributed by atoms with Crippen LogP contribution in [-0.2, 0) is 25.5 Å². The average molecular weight is 507 g/mol. The van der Waals surface area contributed by atoms with Gasteiger partial charge in [0.1, 0.15) is 12.4 Å². The van der Waals surface area contributed by atoms with E-state index in [9.17, 15) is 18.8 Å². The summed E-state index contributed by atoms with van der Waals surface area (Å²) in [5, 5.41) is 3.80. The van der Waals surface area contributed by atoms with Crippen molar-refractivity contribution >= 4 is 41.0 Å². The Kier molecular flexibility index (Phi) is 8.69. The van der Waals surface area contributed by atoms with Crippen LogP contribution in [0.5, 0.6) is 0 Å². The maximum absolute atomic E-state index is 13.8. The largest absolute Gasteiger partial charge is 0.463 e. The quantitative estimate of drug-likeness (QED) is 0.529. The number of nitrogens with zero attached hydrogens (tertiary/aromatic N) is 1. The molecule has 0 radical (unpaired) electrons. The van der Waals surface area contributed by atoms with Crippen LogP contribution in [0.3, 0.4) is 0 Å². The van der Waals surface area contributed by atoms with Crippen molar-refractivity contribution in [1.82, 2.24) is 10.2 Å². The summed E-state index contributed by atoms with van der Waals surface area (Å²) in [6.45, 7) is 3.47. The molecule has 3 rings (SSSR count). The van der Waals surface area contributed by atoms with Gasteiger partial charge in [-0.15, -0.1) is 0 Å². The van der Waals surface area contributed by atoms with Crippen LogP contribution in [0.15, 0.2) is 53.7 Å². The molecule has 2 aromatic rings. The third-order valence-corrected chi connectivity index (χ3v) is 6.19. The van der Waals surface area contributed by atoms with E-state index in [0.29, 0.717) is 34.3 Å². The summed E-state index contributed by atoms with van der Waals surface area (Å²) in [5.41, 5.74) is 1.89. The lowest BCUT2D eigenvalue weighted by molar-refractivity contribution is -0.141. The van der Waals surface area contributed by atoms with Gasteiger partial charge in [0.25, 0.3) is 0 Å². The normalized spacial score (nSPS) is 16.0. The smallest absolute Gasteiger partial charge is 0.336 e. The molecule has 34 heavy (non-hydrogen) atoms. The number of rotatable bonds is 8. The molecule has 1 unspecified atom stereocenters. The third-order valence-electron chi connectivity index (χ3n) is 5.60. The maximum Gasteiger partial charge on any atom is 0.336 e. The number of allylic oxidation sites excluding steroid dienone is 1. The minimum Gasteiger partial charge on any atom is -0.463 e. The Morgan fingerprint density at radius 1 is 1.21 bits per heavy atom. The van der Waals surface area contributed by atoms with E-state index in [4.69, 9.17) is 27.9 Å². The highest BCUT2D eigenvalue weighted by Gasteiger charge is 2.37. The number of benzene rings is 2. The Labute approximate surface area is 207 Å². The van der Waals surface area contributed by atoms with Crippen molar-refractivity contribution in [3.8, 4) is 0 Å². The molecular weight excluding hydrogens is 482 g/mol. The highest BCUT2D eigenvalue weighted by molar-refractivity contribution is 6.35. The van der Waals surface area contributed by atoms with Gasteiger partial charge in [0.05, 0.1) is 12.2 Å². The number of hydrogen-bond acceptors (Lipinski definition) is 4. The van der Waals surface area contributed by atoms with Gasteiger partial charge in [0, 0.05) is 34.6 Å². The summed E-state index contributed by atoms with van der Waals surface area (Å²) < 4.78 is 19.0. The van der Waals surface area contributed by atoms with Crippen molar-refractivity contribution in [1.29, 1.82) is 0 Å². The van der Waals surface area contributed by atoms with E-state index >= 15 is 0 Å². The Bertz CT molecular complexity index is 1140. The second-order valence-electron chi connectivity index (χ2n) is 7.85. The number of halogens is 3.